The van der Waals surface area contributed by atoms with E-state index in [0.29, 0.717) is 11.8 Å². The van der Waals surface area contributed by atoms with Gasteiger partial charge in [-0.2, -0.15) is 0 Å². The lowest BCUT2D eigenvalue weighted by Gasteiger charge is -2.20. The molecule has 1 heterocycles. The Labute approximate surface area is 77.6 Å². The van der Waals surface area contributed by atoms with Crippen LogP contribution in [-0.2, 0) is 0 Å². The van der Waals surface area contributed by atoms with Gasteiger partial charge in [0.05, 0.1) is 5.69 Å². The van der Waals surface area contributed by atoms with Crippen molar-refractivity contribution in [1.82, 2.24) is 5.16 Å². The molecular formula is C10H14N2O. The molecule has 2 rings (SSSR count). The third-order valence-electron chi connectivity index (χ3n) is 2.66. The normalized spacial score (nSPS) is 19.2. The molecule has 2 N–H and O–H groups in total. The lowest BCUT2D eigenvalue weighted by Crippen LogP contribution is -2.06. The van der Waals surface area contributed by atoms with E-state index in [4.69, 9.17) is 10.3 Å². The summed E-state index contributed by atoms with van der Waals surface area (Å²) in [5.41, 5.74) is 7.82. The summed E-state index contributed by atoms with van der Waals surface area (Å²) in [7, 11) is 0. The van der Waals surface area contributed by atoms with Gasteiger partial charge in [-0.25, -0.2) is 0 Å². The number of allylic oxidation sites excluding steroid dienone is 1. The number of hydrogen-bond acceptors (Lipinski definition) is 3. The van der Waals surface area contributed by atoms with Crippen LogP contribution in [-0.4, -0.2) is 5.16 Å². The Morgan fingerprint density at radius 2 is 2.15 bits per heavy atom. The zero-order valence-electron chi connectivity index (χ0n) is 7.62. The van der Waals surface area contributed by atoms with Crippen molar-refractivity contribution < 1.29 is 4.52 Å². The maximum Gasteiger partial charge on any atom is 0.222 e. The first-order valence-electron chi connectivity index (χ1n) is 4.64. The second-order valence-electron chi connectivity index (χ2n) is 3.68. The summed E-state index contributed by atoms with van der Waals surface area (Å²) in [4.78, 5) is 0. The van der Waals surface area contributed by atoms with E-state index >= 15 is 0 Å². The molecule has 0 unspecified atom stereocenters. The van der Waals surface area contributed by atoms with Crippen LogP contribution in [0.25, 0.3) is 0 Å². The molecule has 0 saturated heterocycles. The van der Waals surface area contributed by atoms with Gasteiger partial charge in [0.15, 0.2) is 0 Å². The Kier molecular flexibility index (Phi) is 2.08. The van der Waals surface area contributed by atoms with E-state index in [1.807, 2.05) is 6.07 Å². The standard InChI is InChI=1S/C10H14N2O/c1-7-2-4-8(5-3-7)9-6-10(11)13-12-9/h6,8H,1-5,11H2. The smallest absolute Gasteiger partial charge is 0.222 e. The molecule has 0 aromatic carbocycles. The predicted octanol–water partition coefficient (Wildman–Crippen LogP) is 2.47. The Bertz CT molecular complexity index is 306. The molecule has 0 amide bonds. The van der Waals surface area contributed by atoms with Crippen molar-refractivity contribution in [2.75, 3.05) is 5.73 Å². The van der Waals surface area contributed by atoms with Gasteiger partial charge in [-0.15, -0.1) is 0 Å². The Morgan fingerprint density at radius 3 is 2.69 bits per heavy atom. The molecule has 1 fully saturated rings. The Hall–Kier alpha value is -1.25. The first-order valence-corrected chi connectivity index (χ1v) is 4.64. The molecule has 0 bridgehead atoms. The van der Waals surface area contributed by atoms with E-state index in [1.165, 1.54) is 5.57 Å². The van der Waals surface area contributed by atoms with Crippen LogP contribution in [0.4, 0.5) is 5.88 Å². The van der Waals surface area contributed by atoms with Crippen molar-refractivity contribution >= 4 is 5.88 Å². The number of nitrogens with zero attached hydrogens (tertiary/aromatic N) is 1. The zero-order valence-corrected chi connectivity index (χ0v) is 7.62. The minimum atomic E-state index is 0.416. The highest BCUT2D eigenvalue weighted by molar-refractivity contribution is 5.27. The van der Waals surface area contributed by atoms with Crippen LogP contribution < -0.4 is 5.73 Å². The van der Waals surface area contributed by atoms with Crippen LogP contribution in [0, 0.1) is 0 Å². The average molecular weight is 178 g/mol. The molecule has 3 nitrogen and oxygen atoms in total. The highest BCUT2D eigenvalue weighted by Crippen LogP contribution is 2.34. The van der Waals surface area contributed by atoms with Gasteiger partial charge in [-0.1, -0.05) is 17.3 Å². The Morgan fingerprint density at radius 1 is 1.46 bits per heavy atom. The average Bonchev–Trinajstić information content (AvgIpc) is 2.53. The fraction of sp³-hybridized carbons (Fsp3) is 0.500. The number of rotatable bonds is 1. The molecule has 70 valence electrons. The summed E-state index contributed by atoms with van der Waals surface area (Å²) in [6.45, 7) is 3.98. The zero-order chi connectivity index (χ0) is 9.26. The van der Waals surface area contributed by atoms with Crippen LogP contribution >= 0.6 is 0 Å². The number of anilines is 1. The van der Waals surface area contributed by atoms with Crippen LogP contribution in [0.2, 0.25) is 0 Å². The molecule has 0 aliphatic heterocycles. The van der Waals surface area contributed by atoms with E-state index in [1.54, 1.807) is 0 Å². The summed E-state index contributed by atoms with van der Waals surface area (Å²) in [5, 5.41) is 3.93. The molecular weight excluding hydrogens is 164 g/mol. The van der Waals surface area contributed by atoms with Gasteiger partial charge in [0, 0.05) is 12.0 Å². The fourth-order valence-corrected chi connectivity index (χ4v) is 1.82. The number of aromatic nitrogens is 1. The number of nitrogens with two attached hydrogens (primary N) is 1. The van der Waals surface area contributed by atoms with Gasteiger partial charge in [-0.3, -0.25) is 0 Å². The van der Waals surface area contributed by atoms with E-state index in [9.17, 15) is 0 Å². The molecule has 1 aliphatic carbocycles. The first kappa shape index (κ1) is 8.35. The fourth-order valence-electron chi connectivity index (χ4n) is 1.82. The topological polar surface area (TPSA) is 52.0 Å². The molecule has 1 aromatic heterocycles. The SMILES string of the molecule is C=C1CCC(c2cc(N)on2)CC1. The second kappa shape index (κ2) is 3.24. The van der Waals surface area contributed by atoms with Gasteiger partial charge in [-0.05, 0) is 25.7 Å². The molecule has 13 heavy (non-hydrogen) atoms. The summed E-state index contributed by atoms with van der Waals surface area (Å²) in [6, 6.07) is 1.83. The number of nitrogen functional groups attached to an aromatic ring is 1. The van der Waals surface area contributed by atoms with Crippen LogP contribution in [0.1, 0.15) is 37.3 Å². The van der Waals surface area contributed by atoms with Crippen molar-refractivity contribution in [3.05, 3.63) is 23.9 Å². The summed E-state index contributed by atoms with van der Waals surface area (Å²) in [5.74, 6) is 0.936. The summed E-state index contributed by atoms with van der Waals surface area (Å²) < 4.78 is 4.85. The molecule has 1 aromatic rings. The lowest BCUT2D eigenvalue weighted by molar-refractivity contribution is 0.405. The van der Waals surface area contributed by atoms with Crippen molar-refractivity contribution in [3.8, 4) is 0 Å². The highest BCUT2D eigenvalue weighted by atomic mass is 16.5. The molecule has 0 spiro atoms. The van der Waals surface area contributed by atoms with E-state index in [-0.39, 0.29) is 0 Å². The van der Waals surface area contributed by atoms with E-state index < -0.39 is 0 Å². The predicted molar refractivity (Wildman–Crippen MR) is 51.3 cm³/mol. The van der Waals surface area contributed by atoms with Crippen LogP contribution in [0.5, 0.6) is 0 Å². The van der Waals surface area contributed by atoms with Crippen LogP contribution in [0.15, 0.2) is 22.7 Å². The van der Waals surface area contributed by atoms with Gasteiger partial charge in [0.2, 0.25) is 5.88 Å². The van der Waals surface area contributed by atoms with Gasteiger partial charge in [0.1, 0.15) is 0 Å². The molecule has 1 saturated carbocycles. The van der Waals surface area contributed by atoms with Crippen molar-refractivity contribution in [3.63, 3.8) is 0 Å². The van der Waals surface area contributed by atoms with Gasteiger partial charge in [0.25, 0.3) is 0 Å². The van der Waals surface area contributed by atoms with Gasteiger partial charge >= 0.3 is 0 Å². The van der Waals surface area contributed by atoms with Gasteiger partial charge < -0.3 is 10.3 Å². The molecule has 3 heteroatoms. The summed E-state index contributed by atoms with van der Waals surface area (Å²) >= 11 is 0. The lowest BCUT2D eigenvalue weighted by atomic mass is 9.85. The maximum atomic E-state index is 5.47. The number of hydrogen-bond donors (Lipinski definition) is 1. The third kappa shape index (κ3) is 1.74. The minimum absolute atomic E-state index is 0.416. The van der Waals surface area contributed by atoms with Crippen molar-refractivity contribution in [2.24, 2.45) is 0 Å². The summed E-state index contributed by atoms with van der Waals surface area (Å²) in [6.07, 6.45) is 4.48. The minimum Gasteiger partial charge on any atom is -0.368 e. The monoisotopic (exact) mass is 178 g/mol. The van der Waals surface area contributed by atoms with Crippen molar-refractivity contribution in [2.45, 2.75) is 31.6 Å². The highest BCUT2D eigenvalue weighted by Gasteiger charge is 2.20. The maximum absolute atomic E-state index is 5.47. The van der Waals surface area contributed by atoms with E-state index in [0.717, 1.165) is 31.4 Å². The quantitative estimate of drug-likeness (QED) is 0.672. The molecule has 1 aliphatic rings. The van der Waals surface area contributed by atoms with E-state index in [2.05, 4.69) is 11.7 Å². The third-order valence-corrected chi connectivity index (χ3v) is 2.66. The second-order valence-corrected chi connectivity index (χ2v) is 3.68. The molecule has 0 radical (unpaired) electrons. The Balaban J connectivity index is 2.06. The molecule has 0 atom stereocenters. The first-order chi connectivity index (χ1) is 6.25. The largest absolute Gasteiger partial charge is 0.368 e. The van der Waals surface area contributed by atoms with Crippen LogP contribution in [0.3, 0.4) is 0 Å². The van der Waals surface area contributed by atoms with Crippen molar-refractivity contribution in [1.29, 1.82) is 0 Å².